The van der Waals surface area contributed by atoms with E-state index < -0.39 is 0 Å². The van der Waals surface area contributed by atoms with Gasteiger partial charge in [0.2, 0.25) is 0 Å². The first kappa shape index (κ1) is 2.97. The maximum atomic E-state index is 5.21. The van der Waals surface area contributed by atoms with Gasteiger partial charge in [-0.05, 0) is 0 Å². The van der Waals surface area contributed by atoms with E-state index in [9.17, 15) is 0 Å². The Morgan fingerprint density at radius 3 is 2.25 bits per heavy atom. The average molecular weight is 89.0 g/mol. The van der Waals surface area contributed by atoms with Gasteiger partial charge in [0, 0.05) is 0 Å². The Morgan fingerprint density at radius 2 is 2.25 bits per heavy atom. The summed E-state index contributed by atoms with van der Waals surface area (Å²) in [6, 6.07) is 0. The molecule has 0 aliphatic carbocycles. The molecule has 1 aliphatic heterocycles. The molecular weight excluding hydrogens is 87.0 g/mol. The number of rotatable bonds is 0. The van der Waals surface area contributed by atoms with Crippen LogP contribution in [0.4, 0.5) is 0 Å². The van der Waals surface area contributed by atoms with E-state index in [-0.39, 0.29) is 0 Å². The van der Waals surface area contributed by atoms with Crippen LogP contribution in [0.1, 0.15) is 0 Å². The SMILES string of the molecule is B#[S-]1CS1. The fourth-order valence-electron chi connectivity index (χ4n) is 0.0278. The topological polar surface area (TPSA) is 0 Å². The van der Waals surface area contributed by atoms with Crippen molar-refractivity contribution in [2.45, 2.75) is 0 Å². The van der Waals surface area contributed by atoms with E-state index in [1.54, 1.807) is 0 Å². The fourth-order valence-corrected chi connectivity index (χ4v) is 0.750. The van der Waals surface area contributed by atoms with Gasteiger partial charge in [0.15, 0.2) is 0 Å². The minimum absolute atomic E-state index is 0.306. The zero-order valence-corrected chi connectivity index (χ0v) is 3.73. The van der Waals surface area contributed by atoms with Crippen LogP contribution in [0, 0.1) is 0 Å². The van der Waals surface area contributed by atoms with Crippen LogP contribution >= 0.6 is 10.8 Å². The summed E-state index contributed by atoms with van der Waals surface area (Å²) in [5, 5.41) is 1.21. The molecule has 1 saturated heterocycles. The van der Waals surface area contributed by atoms with Gasteiger partial charge in [-0.2, -0.15) is 0 Å². The molecule has 0 unspecified atom stereocenters. The van der Waals surface area contributed by atoms with Gasteiger partial charge in [0.1, 0.15) is 0 Å². The van der Waals surface area contributed by atoms with E-state index in [0.717, 1.165) is 0 Å². The van der Waals surface area contributed by atoms with E-state index in [4.69, 9.17) is 6.53 Å². The van der Waals surface area contributed by atoms with Gasteiger partial charge in [-0.3, -0.25) is 0 Å². The van der Waals surface area contributed by atoms with Gasteiger partial charge in [-0.25, -0.2) is 0 Å². The maximum absolute atomic E-state index is 5.21. The Bertz CT molecular complexity index is 69.8. The molecule has 0 spiro atoms. The normalized spacial score (nSPS) is 26.5. The second-order valence-electron chi connectivity index (χ2n) is 0.616. The predicted octanol–water partition coefficient (Wildman–Crippen LogP) is 0.307. The first-order valence-corrected chi connectivity index (χ1v) is 3.94. The molecule has 0 aromatic heterocycles. The van der Waals surface area contributed by atoms with Crippen molar-refractivity contribution in [1.29, 1.82) is 0 Å². The van der Waals surface area contributed by atoms with Gasteiger partial charge >= 0.3 is 31.6 Å². The van der Waals surface area contributed by atoms with Crippen LogP contribution in [-0.2, 0) is 9.16 Å². The molecule has 1 aliphatic rings. The van der Waals surface area contributed by atoms with Crippen LogP contribution in [0.2, 0.25) is 0 Å². The van der Waals surface area contributed by atoms with E-state index in [0.29, 0.717) is 9.16 Å². The van der Waals surface area contributed by atoms with Crippen LogP contribution in [0.25, 0.3) is 0 Å². The molecule has 0 aromatic carbocycles. The fraction of sp³-hybridized carbons (Fsp3) is 1.00. The molecule has 22 valence electrons. The monoisotopic (exact) mass is 89.0 g/mol. The molecule has 1 heterocycles. The Hall–Kier alpha value is 0.765. The molecule has 0 aromatic rings. The van der Waals surface area contributed by atoms with Crippen molar-refractivity contribution in [1.82, 2.24) is 0 Å². The standard InChI is InChI=1S/CH2BS2/c2-4-1-3-4/h1H2/q-1. The summed E-state index contributed by atoms with van der Waals surface area (Å²) in [6.45, 7) is 5.21. The number of hydrogen-bond donors (Lipinski definition) is 0. The van der Waals surface area contributed by atoms with Crippen LogP contribution in [0.15, 0.2) is 0 Å². The summed E-state index contributed by atoms with van der Waals surface area (Å²) in [7, 11) is 2.13. The molecule has 0 saturated carbocycles. The van der Waals surface area contributed by atoms with E-state index in [2.05, 4.69) is 0 Å². The third-order valence-corrected chi connectivity index (χ3v) is 2.29. The molecular formula is CH2BS2-. The Kier molecular flexibility index (Phi) is 0.644. The van der Waals surface area contributed by atoms with E-state index in [1.165, 1.54) is 5.08 Å². The van der Waals surface area contributed by atoms with Gasteiger partial charge < -0.3 is 0 Å². The first-order valence-electron chi connectivity index (χ1n) is 0.980. The molecule has 0 bridgehead atoms. The third-order valence-electron chi connectivity index (χ3n) is 0.254. The van der Waals surface area contributed by atoms with Gasteiger partial charge in [-0.1, -0.05) is 0 Å². The van der Waals surface area contributed by atoms with Gasteiger partial charge in [0.25, 0.3) is 0 Å². The van der Waals surface area contributed by atoms with Gasteiger partial charge in [0.05, 0.1) is 0 Å². The van der Waals surface area contributed by atoms with E-state index >= 15 is 0 Å². The van der Waals surface area contributed by atoms with Crippen molar-refractivity contribution in [2.24, 2.45) is 0 Å². The zero-order valence-electron chi connectivity index (χ0n) is 2.10. The van der Waals surface area contributed by atoms with Gasteiger partial charge in [-0.15, -0.1) is 0 Å². The Morgan fingerprint density at radius 1 is 2.00 bits per heavy atom. The average Bonchev–Trinajstić information content (AvgIpc) is 1.75. The summed E-state index contributed by atoms with van der Waals surface area (Å²) < 4.78 is 0. The summed E-state index contributed by atoms with van der Waals surface area (Å²) >= 11 is 0. The van der Waals surface area contributed by atoms with Crippen LogP contribution in [0.3, 0.4) is 0 Å². The van der Waals surface area contributed by atoms with Crippen LogP contribution in [-0.4, -0.2) is 11.6 Å². The molecule has 0 nitrogen and oxygen atoms in total. The molecule has 1 rings (SSSR count). The number of hydrogen-bond acceptors (Lipinski definition) is 2. The quantitative estimate of drug-likeness (QED) is 0.178. The molecule has 0 N–H and O–H groups in total. The Balaban J connectivity index is 2.79. The molecule has 0 atom stereocenters. The molecule has 1 fully saturated rings. The molecule has 4 heavy (non-hydrogen) atoms. The minimum atomic E-state index is 0.306. The predicted molar refractivity (Wildman–Crippen MR) is 25.6 cm³/mol. The Labute approximate surface area is 32.2 Å². The third kappa shape index (κ3) is 0.608. The second-order valence-corrected chi connectivity index (χ2v) is 4.55. The van der Waals surface area contributed by atoms with Crippen molar-refractivity contribution >= 4 is 26.5 Å². The summed E-state index contributed by atoms with van der Waals surface area (Å²) in [5.41, 5.74) is 0. The van der Waals surface area contributed by atoms with Crippen LogP contribution < -0.4 is 0 Å². The van der Waals surface area contributed by atoms with E-state index in [1.807, 2.05) is 10.8 Å². The van der Waals surface area contributed by atoms with Crippen molar-refractivity contribution < 1.29 is 0 Å². The summed E-state index contributed by atoms with van der Waals surface area (Å²) in [4.78, 5) is 0. The zero-order chi connectivity index (χ0) is 2.99. The van der Waals surface area contributed by atoms with Crippen molar-refractivity contribution in [3.05, 3.63) is 0 Å². The first-order chi connectivity index (χ1) is 1.89. The molecule has 3 heteroatoms. The van der Waals surface area contributed by atoms with Crippen LogP contribution in [0.5, 0.6) is 0 Å². The summed E-state index contributed by atoms with van der Waals surface area (Å²) in [5.74, 6) is 0. The molecule has 0 amide bonds. The van der Waals surface area contributed by atoms with Crippen molar-refractivity contribution in [3.63, 3.8) is 0 Å². The van der Waals surface area contributed by atoms with Crippen molar-refractivity contribution in [2.75, 3.05) is 5.08 Å². The second kappa shape index (κ2) is 0.866. The van der Waals surface area contributed by atoms with Crippen molar-refractivity contribution in [3.8, 4) is 0 Å². The summed E-state index contributed by atoms with van der Waals surface area (Å²) in [6.07, 6.45) is 0. The molecule has 0 radical (unpaired) electrons.